The summed E-state index contributed by atoms with van der Waals surface area (Å²) >= 11 is 6.37. The number of benzene rings is 5. The summed E-state index contributed by atoms with van der Waals surface area (Å²) in [4.78, 5) is 31.2. The number of nitrogens with zero attached hydrogens (tertiary/aromatic N) is 2. The van der Waals surface area contributed by atoms with Crippen LogP contribution in [0.25, 0.3) is 21.5 Å². The van der Waals surface area contributed by atoms with Gasteiger partial charge in [-0.15, -0.1) is 11.6 Å². The first-order valence-electron chi connectivity index (χ1n) is 13.9. The predicted octanol–water partition coefficient (Wildman–Crippen LogP) is 6.73. The molecule has 210 valence electrons. The van der Waals surface area contributed by atoms with Crippen LogP contribution in [0.3, 0.4) is 0 Å². The molecule has 0 aromatic heterocycles. The average Bonchev–Trinajstić information content (AvgIpc) is 3.53. The highest BCUT2D eigenvalue weighted by Gasteiger charge is 2.36. The molecule has 2 amide bonds. The van der Waals surface area contributed by atoms with Gasteiger partial charge >= 0.3 is 0 Å². The fourth-order valence-corrected chi connectivity index (χ4v) is 6.97. The van der Waals surface area contributed by atoms with E-state index in [4.69, 9.17) is 17.3 Å². The molecule has 0 fully saturated rings. The zero-order chi connectivity index (χ0) is 29.3. The van der Waals surface area contributed by atoms with Crippen molar-refractivity contribution in [3.05, 3.63) is 101 Å². The molecule has 0 aliphatic carbocycles. The lowest BCUT2D eigenvalue weighted by Crippen LogP contribution is -2.32. The molecule has 7 rings (SSSR count). The first-order chi connectivity index (χ1) is 20.3. The highest BCUT2D eigenvalue weighted by Crippen LogP contribution is 2.47. The average molecular weight is 578 g/mol. The molecular weight excluding hydrogens is 550 g/mol. The van der Waals surface area contributed by atoms with E-state index in [0.717, 1.165) is 27.3 Å². The van der Waals surface area contributed by atoms with Crippen LogP contribution in [0.4, 0.5) is 17.1 Å². The highest BCUT2D eigenvalue weighted by atomic mass is 35.5. The maximum Gasteiger partial charge on any atom is 0.258 e. The number of carbonyl (C=O) groups is 2. The van der Waals surface area contributed by atoms with Crippen LogP contribution >= 0.6 is 11.6 Å². The molecule has 0 spiro atoms. The molecule has 2 aliphatic heterocycles. The third-order valence-electron chi connectivity index (χ3n) is 8.55. The number of fused-ring (bicyclic) bond motifs is 6. The van der Waals surface area contributed by atoms with Gasteiger partial charge in [0.25, 0.3) is 11.8 Å². The van der Waals surface area contributed by atoms with Gasteiger partial charge < -0.3 is 25.7 Å². The van der Waals surface area contributed by atoms with Gasteiger partial charge in [-0.25, -0.2) is 0 Å². The maximum absolute atomic E-state index is 14.0. The van der Waals surface area contributed by atoms with Crippen molar-refractivity contribution in [2.75, 3.05) is 34.5 Å². The fraction of sp³-hybridized carbons (Fsp3) is 0.176. The van der Waals surface area contributed by atoms with E-state index in [0.29, 0.717) is 35.7 Å². The van der Waals surface area contributed by atoms with E-state index in [1.54, 1.807) is 40.1 Å². The summed E-state index contributed by atoms with van der Waals surface area (Å²) in [6, 6.07) is 23.1. The van der Waals surface area contributed by atoms with E-state index in [1.807, 2.05) is 48.5 Å². The monoisotopic (exact) mass is 577 g/mol. The quantitative estimate of drug-likeness (QED) is 0.163. The molecule has 7 nitrogen and oxygen atoms in total. The number of phenols is 2. The first kappa shape index (κ1) is 26.2. The highest BCUT2D eigenvalue weighted by molar-refractivity contribution is 6.19. The van der Waals surface area contributed by atoms with Gasteiger partial charge in [0, 0.05) is 70.5 Å². The Hall–Kier alpha value is -4.75. The second-order valence-corrected chi connectivity index (χ2v) is 11.5. The van der Waals surface area contributed by atoms with Gasteiger partial charge in [-0.05, 0) is 40.1 Å². The summed E-state index contributed by atoms with van der Waals surface area (Å²) in [7, 11) is 0. The minimum Gasteiger partial charge on any atom is -0.507 e. The Morgan fingerprint density at radius 3 is 1.79 bits per heavy atom. The molecule has 0 saturated heterocycles. The number of rotatable bonds is 3. The zero-order valence-corrected chi connectivity index (χ0v) is 23.6. The number of carbonyl (C=O) groups excluding carboxylic acids is 2. The first-order valence-corrected chi connectivity index (χ1v) is 14.4. The molecule has 8 heteroatoms. The second kappa shape index (κ2) is 9.67. The molecule has 0 saturated carbocycles. The summed E-state index contributed by atoms with van der Waals surface area (Å²) < 4.78 is 0. The lowest BCUT2D eigenvalue weighted by Gasteiger charge is -2.21. The number of hydrogen-bond donors (Lipinski definition) is 3. The maximum atomic E-state index is 14.0. The van der Waals surface area contributed by atoms with E-state index < -0.39 is 0 Å². The van der Waals surface area contributed by atoms with Crippen molar-refractivity contribution < 1.29 is 19.8 Å². The molecular formula is C34H28ClN3O4. The van der Waals surface area contributed by atoms with Crippen LogP contribution < -0.4 is 15.5 Å². The van der Waals surface area contributed by atoms with Crippen molar-refractivity contribution in [1.82, 2.24) is 0 Å². The number of anilines is 3. The molecule has 2 aliphatic rings. The van der Waals surface area contributed by atoms with Gasteiger partial charge in [-0.2, -0.15) is 0 Å². The van der Waals surface area contributed by atoms with Crippen LogP contribution in [0.15, 0.2) is 78.9 Å². The van der Waals surface area contributed by atoms with Gasteiger partial charge in [0.05, 0.1) is 11.4 Å². The van der Waals surface area contributed by atoms with Crippen LogP contribution in [0.1, 0.15) is 50.6 Å². The standard InChI is InChI=1S/C34H28ClN3O4/c1-18-16-37(27-13-29(39)23-6-2-4-8-25(23)31(18)27)33(41)19-10-20(12-22(36)11-19)34(42)38-17-21(15-35)32-26-9-5-3-7-24(26)30(40)14-28(32)38/h2-14,18,21,39-40H,15-17,36H2,1H3/t18-,21-/m1/s1. The SMILES string of the molecule is C[C@@H]1CN(C(=O)c2cc(N)cc(C(=O)N3C[C@@H](CCl)c4c3cc(O)c3ccccc43)c2)c2cc(O)c3ccccc3c21. The number of halogens is 1. The summed E-state index contributed by atoms with van der Waals surface area (Å²) in [5.74, 6) is -0.216. The molecule has 5 aromatic carbocycles. The molecule has 42 heavy (non-hydrogen) atoms. The van der Waals surface area contributed by atoms with Gasteiger partial charge in [0.15, 0.2) is 0 Å². The summed E-state index contributed by atoms with van der Waals surface area (Å²) in [5.41, 5.74) is 10.3. The molecule has 0 unspecified atom stereocenters. The number of hydrogen-bond acceptors (Lipinski definition) is 5. The van der Waals surface area contributed by atoms with Gasteiger partial charge in [-0.3, -0.25) is 9.59 Å². The minimum atomic E-state index is -0.335. The van der Waals surface area contributed by atoms with E-state index in [2.05, 4.69) is 6.92 Å². The number of aromatic hydroxyl groups is 2. The normalized spacial score (nSPS) is 17.6. The van der Waals surface area contributed by atoms with Gasteiger partial charge in [-0.1, -0.05) is 55.5 Å². The van der Waals surface area contributed by atoms with Crippen LogP contribution in [0.2, 0.25) is 0 Å². The lowest BCUT2D eigenvalue weighted by molar-refractivity contribution is 0.0987. The topological polar surface area (TPSA) is 107 Å². The number of nitrogen functional groups attached to an aromatic ring is 1. The zero-order valence-electron chi connectivity index (χ0n) is 22.8. The van der Waals surface area contributed by atoms with Crippen LogP contribution in [-0.2, 0) is 0 Å². The molecule has 4 N–H and O–H groups in total. The van der Waals surface area contributed by atoms with Gasteiger partial charge in [0.1, 0.15) is 11.5 Å². The van der Waals surface area contributed by atoms with E-state index >= 15 is 0 Å². The molecule has 2 atom stereocenters. The van der Waals surface area contributed by atoms with Crippen LogP contribution in [0, 0.1) is 0 Å². The fourth-order valence-electron chi connectivity index (χ4n) is 6.72. The number of amides is 2. The Morgan fingerprint density at radius 2 is 1.24 bits per heavy atom. The minimum absolute atomic E-state index is 0.0488. The van der Waals surface area contributed by atoms with Gasteiger partial charge in [0.2, 0.25) is 0 Å². The Balaban J connectivity index is 1.27. The van der Waals surface area contributed by atoms with Crippen LogP contribution in [-0.4, -0.2) is 41.0 Å². The van der Waals surface area contributed by atoms with Crippen molar-refractivity contribution >= 4 is 62.0 Å². The Bertz CT molecular complexity index is 1960. The van der Waals surface area contributed by atoms with Crippen molar-refractivity contribution in [2.45, 2.75) is 18.8 Å². The van der Waals surface area contributed by atoms with Crippen molar-refractivity contribution in [2.24, 2.45) is 0 Å². The van der Waals surface area contributed by atoms with E-state index in [9.17, 15) is 19.8 Å². The van der Waals surface area contributed by atoms with Crippen LogP contribution in [0.5, 0.6) is 11.5 Å². The summed E-state index contributed by atoms with van der Waals surface area (Å²) in [6.07, 6.45) is 0. The van der Waals surface area contributed by atoms with Crippen molar-refractivity contribution in [1.29, 1.82) is 0 Å². The molecule has 0 bridgehead atoms. The summed E-state index contributed by atoms with van der Waals surface area (Å²) in [6.45, 7) is 2.83. The number of alkyl halides is 1. The Labute approximate surface area is 247 Å². The van der Waals surface area contributed by atoms with E-state index in [1.165, 1.54) is 0 Å². The smallest absolute Gasteiger partial charge is 0.258 e. The molecule has 5 aromatic rings. The second-order valence-electron chi connectivity index (χ2n) is 11.2. The predicted molar refractivity (Wildman–Crippen MR) is 167 cm³/mol. The van der Waals surface area contributed by atoms with Crippen molar-refractivity contribution in [3.63, 3.8) is 0 Å². The Kier molecular flexibility index (Phi) is 6.02. The number of nitrogens with two attached hydrogens (primary N) is 1. The molecule has 0 radical (unpaired) electrons. The van der Waals surface area contributed by atoms with E-state index in [-0.39, 0.29) is 52.0 Å². The number of phenolic OH excluding ortho intramolecular Hbond substituents is 2. The van der Waals surface area contributed by atoms with Crippen molar-refractivity contribution in [3.8, 4) is 11.5 Å². The third-order valence-corrected chi connectivity index (χ3v) is 8.93. The largest absolute Gasteiger partial charge is 0.507 e. The Morgan fingerprint density at radius 1 is 0.762 bits per heavy atom. The third kappa shape index (κ3) is 3.88. The summed E-state index contributed by atoms with van der Waals surface area (Å²) in [5, 5.41) is 24.7. The molecule has 2 heterocycles. The lowest BCUT2D eigenvalue weighted by atomic mass is 9.95.